The molecule has 92 valence electrons. The van der Waals surface area contributed by atoms with Gasteiger partial charge in [-0.25, -0.2) is 0 Å². The Hall–Kier alpha value is -0.610. The van der Waals surface area contributed by atoms with Gasteiger partial charge >= 0.3 is 0 Å². The van der Waals surface area contributed by atoms with Crippen LogP contribution in [0.2, 0.25) is 0 Å². The zero-order valence-electron chi connectivity index (χ0n) is 9.84. The van der Waals surface area contributed by atoms with Gasteiger partial charge in [-0.2, -0.15) is 0 Å². The molecular formula is C12H22N2O2. The number of carbonyl (C=O) groups excluding carboxylic acids is 1. The smallest absolute Gasteiger partial charge is 0.221 e. The highest BCUT2D eigenvalue weighted by molar-refractivity contribution is 5.76. The lowest BCUT2D eigenvalue weighted by molar-refractivity contribution is -0.122. The van der Waals surface area contributed by atoms with Gasteiger partial charge in [-0.1, -0.05) is 0 Å². The standard InChI is InChI=1S/C12H22N2O2/c15-12(8-10-4-3-6-13-10)14-9-11-5-1-2-7-16-11/h10-11,13H,1-9H2,(H,14,15). The van der Waals surface area contributed by atoms with Crippen molar-refractivity contribution in [3.63, 3.8) is 0 Å². The van der Waals surface area contributed by atoms with Crippen LogP contribution < -0.4 is 10.6 Å². The average molecular weight is 226 g/mol. The molecule has 2 aliphatic rings. The van der Waals surface area contributed by atoms with E-state index in [0.29, 0.717) is 19.0 Å². The molecule has 0 aliphatic carbocycles. The molecule has 4 heteroatoms. The molecule has 0 spiro atoms. The molecule has 2 rings (SSSR count). The topological polar surface area (TPSA) is 50.4 Å². The Morgan fingerprint density at radius 3 is 2.94 bits per heavy atom. The Bertz CT molecular complexity index is 221. The molecule has 2 N–H and O–H groups in total. The molecule has 2 heterocycles. The first kappa shape index (κ1) is 11.9. The number of carbonyl (C=O) groups is 1. The SMILES string of the molecule is O=C(CC1CCCN1)NCC1CCCCO1. The minimum Gasteiger partial charge on any atom is -0.376 e. The summed E-state index contributed by atoms with van der Waals surface area (Å²) in [7, 11) is 0. The Morgan fingerprint density at radius 2 is 2.25 bits per heavy atom. The predicted octanol–water partition coefficient (Wildman–Crippen LogP) is 0.814. The third kappa shape index (κ3) is 3.76. The number of rotatable bonds is 4. The van der Waals surface area contributed by atoms with Crippen molar-refractivity contribution >= 4 is 5.91 Å². The molecule has 0 bridgehead atoms. The van der Waals surface area contributed by atoms with Gasteiger partial charge in [-0.15, -0.1) is 0 Å². The van der Waals surface area contributed by atoms with E-state index in [1.807, 2.05) is 0 Å². The highest BCUT2D eigenvalue weighted by Gasteiger charge is 2.19. The van der Waals surface area contributed by atoms with Crippen molar-refractivity contribution in [3.8, 4) is 0 Å². The summed E-state index contributed by atoms with van der Waals surface area (Å²) >= 11 is 0. The molecular weight excluding hydrogens is 204 g/mol. The largest absolute Gasteiger partial charge is 0.376 e. The lowest BCUT2D eigenvalue weighted by atomic mass is 10.1. The number of amides is 1. The fourth-order valence-electron chi connectivity index (χ4n) is 2.42. The Balaban J connectivity index is 1.59. The van der Waals surface area contributed by atoms with E-state index in [2.05, 4.69) is 10.6 Å². The second-order valence-electron chi connectivity index (χ2n) is 4.79. The lowest BCUT2D eigenvalue weighted by Crippen LogP contribution is -2.38. The van der Waals surface area contributed by atoms with Crippen molar-refractivity contribution in [2.75, 3.05) is 19.7 Å². The fraction of sp³-hybridized carbons (Fsp3) is 0.917. The Kier molecular flexibility index (Phi) is 4.60. The zero-order chi connectivity index (χ0) is 11.2. The van der Waals surface area contributed by atoms with Gasteiger partial charge in [0.15, 0.2) is 0 Å². The summed E-state index contributed by atoms with van der Waals surface area (Å²) in [6, 6.07) is 0.396. The van der Waals surface area contributed by atoms with Crippen LogP contribution in [-0.4, -0.2) is 37.7 Å². The van der Waals surface area contributed by atoms with Crippen molar-refractivity contribution in [2.24, 2.45) is 0 Å². The third-order valence-electron chi connectivity index (χ3n) is 3.40. The van der Waals surface area contributed by atoms with Crippen LogP contribution in [-0.2, 0) is 9.53 Å². The van der Waals surface area contributed by atoms with Crippen LogP contribution in [0.5, 0.6) is 0 Å². The van der Waals surface area contributed by atoms with E-state index in [9.17, 15) is 4.79 Å². The molecule has 0 radical (unpaired) electrons. The van der Waals surface area contributed by atoms with Crippen molar-refractivity contribution in [2.45, 2.75) is 50.7 Å². The summed E-state index contributed by atoms with van der Waals surface area (Å²) in [5.74, 6) is 0.161. The van der Waals surface area contributed by atoms with Gasteiger partial charge in [0.25, 0.3) is 0 Å². The van der Waals surface area contributed by atoms with Crippen LogP contribution in [0.25, 0.3) is 0 Å². The molecule has 0 aromatic heterocycles. The zero-order valence-corrected chi connectivity index (χ0v) is 9.84. The Labute approximate surface area is 97.1 Å². The second kappa shape index (κ2) is 6.21. The number of nitrogens with one attached hydrogen (secondary N) is 2. The minimum atomic E-state index is 0.161. The van der Waals surface area contributed by atoms with E-state index in [-0.39, 0.29) is 12.0 Å². The molecule has 0 aromatic rings. The van der Waals surface area contributed by atoms with E-state index in [1.54, 1.807) is 0 Å². The Morgan fingerprint density at radius 1 is 1.31 bits per heavy atom. The van der Waals surface area contributed by atoms with E-state index in [4.69, 9.17) is 4.74 Å². The van der Waals surface area contributed by atoms with Crippen molar-refractivity contribution in [3.05, 3.63) is 0 Å². The summed E-state index contributed by atoms with van der Waals surface area (Å²) < 4.78 is 5.57. The maximum atomic E-state index is 11.6. The van der Waals surface area contributed by atoms with Crippen LogP contribution in [0.3, 0.4) is 0 Å². The van der Waals surface area contributed by atoms with E-state index in [1.165, 1.54) is 12.8 Å². The van der Waals surface area contributed by atoms with E-state index < -0.39 is 0 Å². The molecule has 2 aliphatic heterocycles. The van der Waals surface area contributed by atoms with Crippen LogP contribution in [0, 0.1) is 0 Å². The van der Waals surface area contributed by atoms with Crippen molar-refractivity contribution < 1.29 is 9.53 Å². The number of hydrogen-bond acceptors (Lipinski definition) is 3. The predicted molar refractivity (Wildman–Crippen MR) is 62.2 cm³/mol. The molecule has 2 fully saturated rings. The maximum absolute atomic E-state index is 11.6. The van der Waals surface area contributed by atoms with Gasteiger partial charge in [0, 0.05) is 25.6 Å². The first-order valence-corrected chi connectivity index (χ1v) is 6.46. The summed E-state index contributed by atoms with van der Waals surface area (Å²) in [4.78, 5) is 11.6. The fourth-order valence-corrected chi connectivity index (χ4v) is 2.42. The molecule has 0 aromatic carbocycles. The molecule has 1 amide bonds. The van der Waals surface area contributed by atoms with Crippen LogP contribution in [0.15, 0.2) is 0 Å². The molecule has 2 saturated heterocycles. The van der Waals surface area contributed by atoms with Crippen LogP contribution in [0.1, 0.15) is 38.5 Å². The summed E-state index contributed by atoms with van der Waals surface area (Å²) in [6.07, 6.45) is 6.67. The molecule has 4 nitrogen and oxygen atoms in total. The van der Waals surface area contributed by atoms with Gasteiger partial charge in [-0.05, 0) is 38.6 Å². The molecule has 0 saturated carbocycles. The molecule has 16 heavy (non-hydrogen) atoms. The summed E-state index contributed by atoms with van der Waals surface area (Å²) in [5.41, 5.74) is 0. The van der Waals surface area contributed by atoms with Gasteiger partial charge < -0.3 is 15.4 Å². The van der Waals surface area contributed by atoms with Crippen LogP contribution >= 0.6 is 0 Å². The van der Waals surface area contributed by atoms with Crippen LogP contribution in [0.4, 0.5) is 0 Å². The quantitative estimate of drug-likeness (QED) is 0.746. The minimum absolute atomic E-state index is 0.161. The monoisotopic (exact) mass is 226 g/mol. The van der Waals surface area contributed by atoms with Gasteiger partial charge in [0.1, 0.15) is 0 Å². The van der Waals surface area contributed by atoms with Gasteiger partial charge in [0.05, 0.1) is 6.10 Å². The first-order chi connectivity index (χ1) is 7.84. The average Bonchev–Trinajstić information content (AvgIpc) is 2.81. The maximum Gasteiger partial charge on any atom is 0.221 e. The summed E-state index contributed by atoms with van der Waals surface area (Å²) in [6.45, 7) is 2.60. The summed E-state index contributed by atoms with van der Waals surface area (Å²) in [5, 5.41) is 6.31. The number of hydrogen-bond donors (Lipinski definition) is 2. The highest BCUT2D eigenvalue weighted by Crippen LogP contribution is 2.12. The van der Waals surface area contributed by atoms with E-state index in [0.717, 1.165) is 32.4 Å². The first-order valence-electron chi connectivity index (χ1n) is 6.46. The highest BCUT2D eigenvalue weighted by atomic mass is 16.5. The van der Waals surface area contributed by atoms with Crippen molar-refractivity contribution in [1.82, 2.24) is 10.6 Å². The molecule has 2 unspecified atom stereocenters. The van der Waals surface area contributed by atoms with Gasteiger partial charge in [0.2, 0.25) is 5.91 Å². The normalized spacial score (nSPS) is 30.2. The second-order valence-corrected chi connectivity index (χ2v) is 4.79. The number of ether oxygens (including phenoxy) is 1. The molecule has 2 atom stereocenters. The van der Waals surface area contributed by atoms with E-state index >= 15 is 0 Å². The lowest BCUT2D eigenvalue weighted by Gasteiger charge is -2.23. The van der Waals surface area contributed by atoms with Gasteiger partial charge in [-0.3, -0.25) is 4.79 Å². The third-order valence-corrected chi connectivity index (χ3v) is 3.40. The van der Waals surface area contributed by atoms with Crippen molar-refractivity contribution in [1.29, 1.82) is 0 Å².